The standard InChI is InChI=1S/C37H46ClN3O9/c1-20-9-8-10-29(47-7)37(45)18-28(48-32(43)19-37)22(3)34-36(4,50-34)30(49-35(44)40-24-11-12-25(39)27(16-24)46-6)17-31(42)41(5)26-15-23(13-20)14-21(2)33(26)38/h8-12,14-16,22,28-30,34,45H,13,17-19,39H2,1-7H3,(H,40,44)/b10-8+,20-9+/t22-,28+,29-,30+,34+,36+,37-/m1/s1. The third kappa shape index (κ3) is 7.78. The number of benzene rings is 2. The van der Waals surface area contributed by atoms with Crippen molar-refractivity contribution in [2.24, 2.45) is 5.92 Å². The van der Waals surface area contributed by atoms with Crippen LogP contribution in [0.4, 0.5) is 21.9 Å². The highest BCUT2D eigenvalue weighted by atomic mass is 35.5. The lowest BCUT2D eigenvalue weighted by Crippen LogP contribution is -2.53. The summed E-state index contributed by atoms with van der Waals surface area (Å²) in [6, 6.07) is 8.57. The number of amides is 2. The number of carbonyl (C=O) groups excluding carboxylic acids is 3. The highest BCUT2D eigenvalue weighted by Crippen LogP contribution is 2.49. The third-order valence-corrected chi connectivity index (χ3v) is 10.4. The Hall–Kier alpha value is -4.10. The highest BCUT2D eigenvalue weighted by Gasteiger charge is 2.64. The second kappa shape index (κ2) is 14.6. The molecule has 0 saturated carbocycles. The quantitative estimate of drug-likeness (QED) is 0.209. The van der Waals surface area contributed by atoms with Crippen LogP contribution in [0.1, 0.15) is 51.2 Å². The summed E-state index contributed by atoms with van der Waals surface area (Å²) in [5.74, 6) is -1.03. The molecule has 4 bridgehead atoms. The largest absolute Gasteiger partial charge is 0.495 e. The second-order valence-electron chi connectivity index (χ2n) is 13.7. The zero-order valence-electron chi connectivity index (χ0n) is 29.4. The summed E-state index contributed by atoms with van der Waals surface area (Å²) >= 11 is 6.75. The van der Waals surface area contributed by atoms with Gasteiger partial charge in [-0.2, -0.15) is 0 Å². The number of allylic oxidation sites excluding steroid dienone is 3. The fraction of sp³-hybridized carbons (Fsp3) is 0.486. The number of aryl methyl sites for hydroxylation is 1. The molecule has 270 valence electrons. The molecule has 13 heteroatoms. The highest BCUT2D eigenvalue weighted by molar-refractivity contribution is 6.34. The van der Waals surface area contributed by atoms with E-state index in [-0.39, 0.29) is 25.2 Å². The lowest BCUT2D eigenvalue weighted by molar-refractivity contribution is -0.187. The molecule has 50 heavy (non-hydrogen) atoms. The number of ether oxygens (including phenoxy) is 5. The Morgan fingerprint density at radius 2 is 1.92 bits per heavy atom. The van der Waals surface area contributed by atoms with Gasteiger partial charge in [0, 0.05) is 38.2 Å². The molecular formula is C37H46ClN3O9. The fourth-order valence-corrected chi connectivity index (χ4v) is 7.20. The van der Waals surface area contributed by atoms with Gasteiger partial charge < -0.3 is 39.4 Å². The SMILES string of the molecule is COc1cc(NC(=O)O[C@H]2CC(=O)N(C)c3cc(cc(C)c3Cl)C/C(C)=C/C=C/[C@@H](OC)[C@]3(O)CC(=O)O[C@@H](C3)[C@@H](C)[C@@H]3O[C@@]23C)ccc1N. The third-order valence-electron chi connectivity index (χ3n) is 9.93. The van der Waals surface area contributed by atoms with Crippen molar-refractivity contribution in [3.63, 3.8) is 0 Å². The van der Waals surface area contributed by atoms with Gasteiger partial charge in [-0.1, -0.05) is 48.4 Å². The molecule has 2 aromatic carbocycles. The smallest absolute Gasteiger partial charge is 0.412 e. The number of anilines is 3. The number of methoxy groups -OCH3 is 2. The fourth-order valence-electron chi connectivity index (χ4n) is 6.96. The Morgan fingerprint density at radius 1 is 1.18 bits per heavy atom. The Labute approximate surface area is 297 Å². The summed E-state index contributed by atoms with van der Waals surface area (Å²) in [5.41, 5.74) is 7.22. The number of nitrogen functional groups attached to an aromatic ring is 1. The summed E-state index contributed by atoms with van der Waals surface area (Å²) in [6.07, 6.45) is 1.53. The van der Waals surface area contributed by atoms with Gasteiger partial charge in [0.25, 0.3) is 0 Å². The molecule has 2 saturated heterocycles. The van der Waals surface area contributed by atoms with E-state index < -0.39 is 53.6 Å². The van der Waals surface area contributed by atoms with E-state index in [0.29, 0.717) is 34.3 Å². The number of carbonyl (C=O) groups is 3. The predicted molar refractivity (Wildman–Crippen MR) is 189 cm³/mol. The number of halogens is 1. The van der Waals surface area contributed by atoms with Gasteiger partial charge >= 0.3 is 12.1 Å². The van der Waals surface area contributed by atoms with Crippen LogP contribution in [-0.4, -0.2) is 80.0 Å². The first kappa shape index (κ1) is 37.2. The van der Waals surface area contributed by atoms with Crippen LogP contribution in [0.2, 0.25) is 5.02 Å². The molecule has 0 unspecified atom stereocenters. The molecule has 0 aromatic heterocycles. The van der Waals surface area contributed by atoms with Crippen LogP contribution in [0.25, 0.3) is 0 Å². The number of nitrogens with one attached hydrogen (secondary N) is 1. The van der Waals surface area contributed by atoms with Crippen molar-refractivity contribution < 1.29 is 43.2 Å². The molecule has 12 nitrogen and oxygen atoms in total. The molecule has 3 aliphatic heterocycles. The van der Waals surface area contributed by atoms with Crippen LogP contribution in [0, 0.1) is 12.8 Å². The Kier molecular flexibility index (Phi) is 10.9. The first-order valence-corrected chi connectivity index (χ1v) is 16.9. The lowest BCUT2D eigenvalue weighted by Gasteiger charge is -2.41. The minimum Gasteiger partial charge on any atom is -0.495 e. The van der Waals surface area contributed by atoms with Gasteiger partial charge in [-0.25, -0.2) is 4.79 Å². The number of epoxide rings is 1. The van der Waals surface area contributed by atoms with E-state index in [4.69, 9.17) is 41.0 Å². The second-order valence-corrected chi connectivity index (χ2v) is 14.1. The van der Waals surface area contributed by atoms with Crippen molar-refractivity contribution in [3.8, 4) is 5.75 Å². The maximum absolute atomic E-state index is 14.0. The number of nitrogens with zero attached hydrogens (tertiary/aromatic N) is 1. The van der Waals surface area contributed by atoms with Crippen LogP contribution in [0.5, 0.6) is 5.75 Å². The van der Waals surface area contributed by atoms with Crippen molar-refractivity contribution >= 4 is 46.6 Å². The molecule has 2 aromatic rings. The molecule has 0 aliphatic carbocycles. The molecule has 0 radical (unpaired) electrons. The molecule has 3 aliphatic rings. The number of rotatable bonds is 4. The van der Waals surface area contributed by atoms with Crippen LogP contribution < -0.4 is 20.7 Å². The predicted octanol–water partition coefficient (Wildman–Crippen LogP) is 5.51. The first-order valence-electron chi connectivity index (χ1n) is 16.5. The molecule has 2 amide bonds. The Bertz CT molecular complexity index is 1710. The summed E-state index contributed by atoms with van der Waals surface area (Å²) in [4.78, 5) is 41.7. The van der Waals surface area contributed by atoms with E-state index in [9.17, 15) is 19.5 Å². The van der Waals surface area contributed by atoms with Crippen molar-refractivity contribution in [1.82, 2.24) is 0 Å². The van der Waals surface area contributed by atoms with Gasteiger partial charge in [0.2, 0.25) is 5.91 Å². The molecule has 0 spiro atoms. The van der Waals surface area contributed by atoms with Crippen molar-refractivity contribution in [2.75, 3.05) is 37.2 Å². The summed E-state index contributed by atoms with van der Waals surface area (Å²) in [5, 5.41) is 14.9. The summed E-state index contributed by atoms with van der Waals surface area (Å²) < 4.78 is 28.9. The molecule has 2 fully saturated rings. The monoisotopic (exact) mass is 711 g/mol. The van der Waals surface area contributed by atoms with E-state index in [1.54, 1.807) is 38.2 Å². The van der Waals surface area contributed by atoms with Crippen LogP contribution in [-0.2, 0) is 35.0 Å². The lowest BCUT2D eigenvalue weighted by atomic mass is 9.78. The van der Waals surface area contributed by atoms with Crippen molar-refractivity contribution in [1.29, 1.82) is 0 Å². The number of hydrogen-bond donors (Lipinski definition) is 3. The van der Waals surface area contributed by atoms with Gasteiger partial charge in [-0.15, -0.1) is 0 Å². The molecule has 7 atom stereocenters. The Morgan fingerprint density at radius 3 is 2.62 bits per heavy atom. The van der Waals surface area contributed by atoms with Crippen LogP contribution in [0.15, 0.2) is 54.1 Å². The number of nitrogens with two attached hydrogens (primary N) is 1. The number of hydrogen-bond acceptors (Lipinski definition) is 10. The maximum atomic E-state index is 14.0. The van der Waals surface area contributed by atoms with Gasteiger partial charge in [-0.3, -0.25) is 14.9 Å². The summed E-state index contributed by atoms with van der Waals surface area (Å²) in [7, 11) is 4.57. The van der Waals surface area contributed by atoms with E-state index in [1.165, 1.54) is 19.1 Å². The first-order chi connectivity index (χ1) is 23.6. The topological polar surface area (TPSA) is 162 Å². The van der Waals surface area contributed by atoms with E-state index in [1.807, 2.05) is 45.1 Å². The van der Waals surface area contributed by atoms with Gasteiger partial charge in [0.05, 0.1) is 42.5 Å². The minimum absolute atomic E-state index is 0.0810. The summed E-state index contributed by atoms with van der Waals surface area (Å²) in [6.45, 7) is 7.43. The van der Waals surface area contributed by atoms with Gasteiger partial charge in [0.1, 0.15) is 35.3 Å². The van der Waals surface area contributed by atoms with Crippen molar-refractivity contribution in [2.45, 2.75) is 89.0 Å². The van der Waals surface area contributed by atoms with Gasteiger partial charge in [-0.05, 0) is 56.5 Å². The van der Waals surface area contributed by atoms with Crippen LogP contribution in [0.3, 0.4) is 0 Å². The molecule has 5 rings (SSSR count). The molecular weight excluding hydrogens is 666 g/mol. The molecule has 3 heterocycles. The van der Waals surface area contributed by atoms with Gasteiger partial charge in [0.15, 0.2) is 0 Å². The number of fused-ring (bicyclic) bond motifs is 5. The van der Waals surface area contributed by atoms with Crippen molar-refractivity contribution in [3.05, 3.63) is 70.3 Å². The van der Waals surface area contributed by atoms with Crippen LogP contribution >= 0.6 is 11.6 Å². The zero-order chi connectivity index (χ0) is 36.5. The van der Waals surface area contributed by atoms with E-state index >= 15 is 0 Å². The normalized spacial score (nSPS) is 31.8. The zero-order valence-corrected chi connectivity index (χ0v) is 30.2. The number of esters is 1. The molecule has 4 N–H and O–H groups in total. The maximum Gasteiger partial charge on any atom is 0.412 e. The average molecular weight is 712 g/mol. The van der Waals surface area contributed by atoms with E-state index in [2.05, 4.69) is 5.32 Å². The average Bonchev–Trinajstić information content (AvgIpc) is 3.75. The Balaban J connectivity index is 1.52. The minimum atomic E-state index is -1.55. The van der Waals surface area contributed by atoms with E-state index in [0.717, 1.165) is 16.7 Å². The number of aliphatic hydroxyl groups is 1.